The summed E-state index contributed by atoms with van der Waals surface area (Å²) in [6, 6.07) is 1.08. The Labute approximate surface area is 77.9 Å². The van der Waals surface area contributed by atoms with Crippen molar-refractivity contribution in [3.8, 4) is 0 Å². The molecule has 2 N–H and O–H groups in total. The van der Waals surface area contributed by atoms with E-state index in [2.05, 4.69) is 10.6 Å². The summed E-state index contributed by atoms with van der Waals surface area (Å²) >= 11 is 5.13. The van der Waals surface area contributed by atoms with Gasteiger partial charge in [0.15, 0.2) is 5.11 Å². The largest absolute Gasteiger partial charge is 0.379 e. The summed E-state index contributed by atoms with van der Waals surface area (Å²) in [6.07, 6.45) is 3.61. The Morgan fingerprint density at radius 3 is 2.50 bits per heavy atom. The smallest absolute Gasteiger partial charge is 0.166 e. The average molecular weight is 186 g/mol. The van der Waals surface area contributed by atoms with Crippen LogP contribution < -0.4 is 10.6 Å². The lowest BCUT2D eigenvalue weighted by atomic mass is 10.3. The van der Waals surface area contributed by atoms with Crippen LogP contribution in [0.5, 0.6) is 0 Å². The zero-order valence-corrected chi connectivity index (χ0v) is 7.82. The standard InChI is InChI=1S/C8H14N2OS/c12-8(9-6-1-2-6)10-7-3-4-11-5-7/h6-7H,1-5H2,(H2,9,10,12). The number of hydrogen-bond acceptors (Lipinski definition) is 2. The molecular formula is C8H14N2OS. The molecule has 0 aromatic heterocycles. The van der Waals surface area contributed by atoms with E-state index in [0.717, 1.165) is 24.7 Å². The third-order valence-electron chi connectivity index (χ3n) is 2.18. The van der Waals surface area contributed by atoms with Gasteiger partial charge < -0.3 is 15.4 Å². The van der Waals surface area contributed by atoms with Crippen LogP contribution in [0.3, 0.4) is 0 Å². The second kappa shape index (κ2) is 3.58. The molecule has 0 aromatic carbocycles. The third-order valence-corrected chi connectivity index (χ3v) is 2.41. The van der Waals surface area contributed by atoms with E-state index in [1.54, 1.807) is 0 Å². The fourth-order valence-corrected chi connectivity index (χ4v) is 1.62. The fraction of sp³-hybridized carbons (Fsp3) is 0.875. The first-order chi connectivity index (χ1) is 5.84. The van der Waals surface area contributed by atoms with Crippen molar-refractivity contribution < 1.29 is 4.74 Å². The molecule has 1 aliphatic carbocycles. The van der Waals surface area contributed by atoms with Gasteiger partial charge in [0.1, 0.15) is 0 Å². The second-order valence-electron chi connectivity index (χ2n) is 3.45. The molecule has 0 spiro atoms. The molecule has 0 bridgehead atoms. The summed E-state index contributed by atoms with van der Waals surface area (Å²) in [5.41, 5.74) is 0. The van der Waals surface area contributed by atoms with E-state index in [-0.39, 0.29) is 0 Å². The molecule has 0 amide bonds. The molecule has 0 radical (unpaired) electrons. The zero-order valence-electron chi connectivity index (χ0n) is 7.01. The molecule has 1 saturated heterocycles. The van der Waals surface area contributed by atoms with E-state index >= 15 is 0 Å². The van der Waals surface area contributed by atoms with Crippen molar-refractivity contribution in [1.29, 1.82) is 0 Å². The van der Waals surface area contributed by atoms with E-state index < -0.39 is 0 Å². The average Bonchev–Trinajstić information content (AvgIpc) is 2.66. The molecular weight excluding hydrogens is 172 g/mol. The highest BCUT2D eigenvalue weighted by atomic mass is 32.1. The summed E-state index contributed by atoms with van der Waals surface area (Å²) in [6.45, 7) is 1.66. The number of hydrogen-bond donors (Lipinski definition) is 2. The van der Waals surface area contributed by atoms with Crippen LogP contribution in [0.1, 0.15) is 19.3 Å². The summed E-state index contributed by atoms with van der Waals surface area (Å²) in [7, 11) is 0. The SMILES string of the molecule is S=C(NC1CC1)NC1CCOC1. The lowest BCUT2D eigenvalue weighted by Crippen LogP contribution is -2.42. The highest BCUT2D eigenvalue weighted by molar-refractivity contribution is 7.80. The number of nitrogens with one attached hydrogen (secondary N) is 2. The van der Waals surface area contributed by atoms with Crippen molar-refractivity contribution in [3.63, 3.8) is 0 Å². The van der Waals surface area contributed by atoms with E-state index in [4.69, 9.17) is 17.0 Å². The minimum atomic E-state index is 0.434. The minimum absolute atomic E-state index is 0.434. The van der Waals surface area contributed by atoms with Crippen LogP contribution >= 0.6 is 12.2 Å². The molecule has 1 unspecified atom stereocenters. The third kappa shape index (κ3) is 2.32. The quantitative estimate of drug-likeness (QED) is 0.612. The lowest BCUT2D eigenvalue weighted by molar-refractivity contribution is 0.192. The van der Waals surface area contributed by atoms with Gasteiger partial charge in [-0.3, -0.25) is 0 Å². The van der Waals surface area contributed by atoms with E-state index in [1.165, 1.54) is 12.8 Å². The zero-order chi connectivity index (χ0) is 8.39. The molecule has 12 heavy (non-hydrogen) atoms. The molecule has 1 saturated carbocycles. The van der Waals surface area contributed by atoms with Crippen molar-refractivity contribution in [2.24, 2.45) is 0 Å². The molecule has 68 valence electrons. The maximum atomic E-state index is 5.23. The molecule has 0 aromatic rings. The van der Waals surface area contributed by atoms with Gasteiger partial charge in [0.2, 0.25) is 0 Å². The predicted molar refractivity (Wildman–Crippen MR) is 51.1 cm³/mol. The molecule has 2 aliphatic rings. The fourth-order valence-electron chi connectivity index (χ4n) is 1.29. The van der Waals surface area contributed by atoms with Gasteiger partial charge in [-0.15, -0.1) is 0 Å². The first-order valence-corrected chi connectivity index (χ1v) is 4.90. The van der Waals surface area contributed by atoms with Crippen LogP contribution in [0.15, 0.2) is 0 Å². The van der Waals surface area contributed by atoms with Gasteiger partial charge in [-0.25, -0.2) is 0 Å². The van der Waals surface area contributed by atoms with Crippen molar-refractivity contribution in [2.75, 3.05) is 13.2 Å². The Bertz CT molecular complexity index is 176. The Morgan fingerprint density at radius 1 is 1.17 bits per heavy atom. The van der Waals surface area contributed by atoms with Crippen LogP contribution in [-0.4, -0.2) is 30.4 Å². The highest BCUT2D eigenvalue weighted by Gasteiger charge is 2.23. The van der Waals surface area contributed by atoms with Gasteiger partial charge in [0, 0.05) is 12.6 Å². The summed E-state index contributed by atoms with van der Waals surface area (Å²) in [5, 5.41) is 7.29. The van der Waals surface area contributed by atoms with Gasteiger partial charge >= 0.3 is 0 Å². The Morgan fingerprint density at radius 2 is 1.92 bits per heavy atom. The Hall–Kier alpha value is -0.350. The summed E-state index contributed by atoms with van der Waals surface area (Å²) in [5.74, 6) is 0. The number of thiocarbonyl (C=S) groups is 1. The van der Waals surface area contributed by atoms with Gasteiger partial charge in [-0.2, -0.15) is 0 Å². The van der Waals surface area contributed by atoms with Gasteiger partial charge in [0.25, 0.3) is 0 Å². The number of rotatable bonds is 2. The van der Waals surface area contributed by atoms with Gasteiger partial charge in [0.05, 0.1) is 12.6 Å². The molecule has 1 aliphatic heterocycles. The van der Waals surface area contributed by atoms with Crippen molar-refractivity contribution in [3.05, 3.63) is 0 Å². The maximum Gasteiger partial charge on any atom is 0.166 e. The van der Waals surface area contributed by atoms with Crippen LogP contribution in [0.2, 0.25) is 0 Å². The van der Waals surface area contributed by atoms with Gasteiger partial charge in [-0.1, -0.05) is 0 Å². The van der Waals surface area contributed by atoms with Crippen LogP contribution in [-0.2, 0) is 4.74 Å². The molecule has 1 heterocycles. The predicted octanol–water partition coefficient (Wildman–Crippen LogP) is 0.402. The summed E-state index contributed by atoms with van der Waals surface area (Å²) in [4.78, 5) is 0. The topological polar surface area (TPSA) is 33.3 Å². The van der Waals surface area contributed by atoms with Crippen molar-refractivity contribution in [2.45, 2.75) is 31.3 Å². The molecule has 1 atom stereocenters. The van der Waals surface area contributed by atoms with E-state index in [9.17, 15) is 0 Å². The van der Waals surface area contributed by atoms with E-state index in [0.29, 0.717) is 12.1 Å². The number of ether oxygens (including phenoxy) is 1. The molecule has 4 heteroatoms. The van der Waals surface area contributed by atoms with Crippen LogP contribution in [0.4, 0.5) is 0 Å². The van der Waals surface area contributed by atoms with Crippen LogP contribution in [0.25, 0.3) is 0 Å². The molecule has 2 rings (SSSR count). The Kier molecular flexibility index (Phi) is 2.46. The van der Waals surface area contributed by atoms with Crippen molar-refractivity contribution >= 4 is 17.3 Å². The highest BCUT2D eigenvalue weighted by Crippen LogP contribution is 2.18. The van der Waals surface area contributed by atoms with Gasteiger partial charge in [-0.05, 0) is 31.5 Å². The van der Waals surface area contributed by atoms with Crippen LogP contribution in [0, 0.1) is 0 Å². The normalized spacial score (nSPS) is 28.5. The first-order valence-electron chi connectivity index (χ1n) is 4.49. The summed E-state index contributed by atoms with van der Waals surface area (Å²) < 4.78 is 5.23. The van der Waals surface area contributed by atoms with E-state index in [1.807, 2.05) is 0 Å². The lowest BCUT2D eigenvalue weighted by Gasteiger charge is -2.13. The second-order valence-corrected chi connectivity index (χ2v) is 3.86. The first kappa shape index (κ1) is 8.26. The molecule has 3 nitrogen and oxygen atoms in total. The minimum Gasteiger partial charge on any atom is -0.379 e. The van der Waals surface area contributed by atoms with Crippen molar-refractivity contribution in [1.82, 2.24) is 10.6 Å². The maximum absolute atomic E-state index is 5.23. The Balaban J connectivity index is 1.66. The molecule has 2 fully saturated rings. The monoisotopic (exact) mass is 186 g/mol.